The van der Waals surface area contributed by atoms with Crippen LogP contribution < -0.4 is 0 Å². The largest absolute Gasteiger partial charge is 0.507 e. The van der Waals surface area contributed by atoms with Crippen molar-refractivity contribution in [1.29, 1.82) is 0 Å². The summed E-state index contributed by atoms with van der Waals surface area (Å²) < 4.78 is 3.03. The van der Waals surface area contributed by atoms with Crippen LogP contribution in [-0.2, 0) is 0 Å². The minimum atomic E-state index is 0.342. The number of rotatable bonds is 0. The lowest BCUT2D eigenvalue weighted by Gasteiger charge is -1.95. The van der Waals surface area contributed by atoms with Crippen molar-refractivity contribution in [2.45, 2.75) is 4.21 Å². The van der Waals surface area contributed by atoms with E-state index >= 15 is 0 Å². The predicted octanol–water partition coefficient (Wildman–Crippen LogP) is 3.50. The molecule has 0 amide bonds. The third-order valence-corrected chi connectivity index (χ3v) is 3.74. The van der Waals surface area contributed by atoms with Crippen molar-refractivity contribution < 1.29 is 5.11 Å². The van der Waals surface area contributed by atoms with Crippen molar-refractivity contribution in [3.8, 4) is 5.75 Å². The van der Waals surface area contributed by atoms with E-state index in [1.54, 1.807) is 17.4 Å². The van der Waals surface area contributed by atoms with Crippen molar-refractivity contribution >= 4 is 56.6 Å². The number of thiophene rings is 1. The Morgan fingerprint density at radius 3 is 2.83 bits per heavy atom. The van der Waals surface area contributed by atoms with Crippen LogP contribution in [0.3, 0.4) is 0 Å². The summed E-state index contributed by atoms with van der Waals surface area (Å²) in [6, 6.07) is 5.70. The number of benzene rings is 1. The molecule has 0 radical (unpaired) electrons. The molecule has 1 aromatic carbocycles. The molecule has 0 saturated heterocycles. The normalized spacial score (nSPS) is 10.8. The van der Waals surface area contributed by atoms with Crippen molar-refractivity contribution in [2.75, 3.05) is 0 Å². The van der Waals surface area contributed by atoms with E-state index in [9.17, 15) is 5.11 Å². The first kappa shape index (κ1) is 8.65. The highest BCUT2D eigenvalue weighted by Crippen LogP contribution is 2.33. The molecular weight excluding hydrogens is 303 g/mol. The van der Waals surface area contributed by atoms with Gasteiger partial charge < -0.3 is 5.11 Å². The van der Waals surface area contributed by atoms with Crippen LogP contribution in [0.4, 0.5) is 0 Å². The number of thiol groups is 1. The number of phenols is 1. The van der Waals surface area contributed by atoms with Gasteiger partial charge in [0.2, 0.25) is 0 Å². The SMILES string of the molecule is Oc1cc2cc(S)sc2cc1I. The molecule has 0 aliphatic heterocycles. The minimum Gasteiger partial charge on any atom is -0.507 e. The van der Waals surface area contributed by atoms with E-state index in [0.717, 1.165) is 13.2 Å². The average molecular weight is 308 g/mol. The molecule has 0 aliphatic carbocycles. The molecule has 4 heteroatoms. The summed E-state index contributed by atoms with van der Waals surface area (Å²) in [6.45, 7) is 0. The Kier molecular flexibility index (Phi) is 2.22. The molecule has 0 aliphatic rings. The van der Waals surface area contributed by atoms with E-state index in [-0.39, 0.29) is 0 Å². The molecule has 2 aromatic rings. The zero-order valence-electron chi connectivity index (χ0n) is 5.91. The first-order chi connectivity index (χ1) is 5.66. The summed E-state index contributed by atoms with van der Waals surface area (Å²) in [4.78, 5) is 0. The van der Waals surface area contributed by atoms with Gasteiger partial charge in [-0.3, -0.25) is 0 Å². The molecule has 0 bridgehead atoms. The second-order valence-electron chi connectivity index (χ2n) is 2.43. The summed E-state index contributed by atoms with van der Waals surface area (Å²) in [5.41, 5.74) is 0. The van der Waals surface area contributed by atoms with E-state index < -0.39 is 0 Å². The molecule has 2 rings (SSSR count). The topological polar surface area (TPSA) is 20.2 Å². The van der Waals surface area contributed by atoms with Crippen molar-refractivity contribution in [3.63, 3.8) is 0 Å². The predicted molar refractivity (Wildman–Crippen MR) is 63.5 cm³/mol. The molecule has 1 aromatic heterocycles. The maximum atomic E-state index is 9.40. The Morgan fingerprint density at radius 1 is 1.33 bits per heavy atom. The summed E-state index contributed by atoms with van der Waals surface area (Å²) in [5.74, 6) is 0.342. The van der Waals surface area contributed by atoms with Gasteiger partial charge in [-0.1, -0.05) is 0 Å². The maximum absolute atomic E-state index is 9.40. The first-order valence-corrected chi connectivity index (χ1v) is 5.62. The maximum Gasteiger partial charge on any atom is 0.129 e. The van der Waals surface area contributed by atoms with Crippen LogP contribution in [0, 0.1) is 3.57 Å². The number of halogens is 1. The average Bonchev–Trinajstić information content (AvgIpc) is 2.30. The number of hydrogen-bond acceptors (Lipinski definition) is 3. The lowest BCUT2D eigenvalue weighted by molar-refractivity contribution is 0.472. The Balaban J connectivity index is 2.83. The summed E-state index contributed by atoms with van der Waals surface area (Å²) in [5, 5.41) is 10.5. The number of phenolic OH excluding ortho intramolecular Hbond substituents is 1. The van der Waals surface area contributed by atoms with Crippen LogP contribution in [0.5, 0.6) is 5.75 Å². The van der Waals surface area contributed by atoms with E-state index in [0.29, 0.717) is 5.75 Å². The lowest BCUT2D eigenvalue weighted by Crippen LogP contribution is -1.71. The Morgan fingerprint density at radius 2 is 2.08 bits per heavy atom. The molecule has 1 nitrogen and oxygen atoms in total. The van der Waals surface area contributed by atoms with Gasteiger partial charge in [-0.25, -0.2) is 0 Å². The van der Waals surface area contributed by atoms with Crippen LogP contribution >= 0.6 is 46.6 Å². The molecule has 0 saturated carbocycles. The summed E-state index contributed by atoms with van der Waals surface area (Å²) >= 11 is 7.98. The molecule has 1 N–H and O–H groups in total. The highest BCUT2D eigenvalue weighted by molar-refractivity contribution is 14.1. The minimum absolute atomic E-state index is 0.342. The molecule has 1 heterocycles. The zero-order chi connectivity index (χ0) is 8.72. The lowest BCUT2D eigenvalue weighted by atomic mass is 10.2. The van der Waals surface area contributed by atoms with Gasteiger partial charge in [0.05, 0.1) is 7.78 Å². The van der Waals surface area contributed by atoms with Crippen LogP contribution in [-0.4, -0.2) is 5.11 Å². The van der Waals surface area contributed by atoms with Crippen LogP contribution in [0.15, 0.2) is 22.4 Å². The van der Waals surface area contributed by atoms with Gasteiger partial charge >= 0.3 is 0 Å². The Hall–Kier alpha value is 0.0600. The monoisotopic (exact) mass is 308 g/mol. The zero-order valence-corrected chi connectivity index (χ0v) is 9.78. The highest BCUT2D eigenvalue weighted by Gasteiger charge is 2.03. The fraction of sp³-hybridized carbons (Fsp3) is 0. The first-order valence-electron chi connectivity index (χ1n) is 3.28. The van der Waals surface area contributed by atoms with E-state index in [1.165, 1.54) is 4.70 Å². The molecule has 0 unspecified atom stereocenters. The van der Waals surface area contributed by atoms with Crippen molar-refractivity contribution in [1.82, 2.24) is 0 Å². The number of aromatic hydroxyl groups is 1. The van der Waals surface area contributed by atoms with Crippen LogP contribution in [0.1, 0.15) is 0 Å². The fourth-order valence-corrected chi connectivity index (χ4v) is 2.97. The van der Waals surface area contributed by atoms with E-state index in [2.05, 4.69) is 35.2 Å². The Bertz CT molecular complexity index is 397. The van der Waals surface area contributed by atoms with Gasteiger partial charge in [0, 0.05) is 4.70 Å². The van der Waals surface area contributed by atoms with Gasteiger partial charge in [-0.05, 0) is 46.2 Å². The quantitative estimate of drug-likeness (QED) is 0.564. The molecule has 12 heavy (non-hydrogen) atoms. The van der Waals surface area contributed by atoms with Crippen LogP contribution in [0.25, 0.3) is 10.1 Å². The fourth-order valence-electron chi connectivity index (χ4n) is 1.04. The Labute approximate surface area is 93.0 Å². The molecular formula is C8H5IOS2. The van der Waals surface area contributed by atoms with Gasteiger partial charge in [-0.15, -0.1) is 24.0 Å². The van der Waals surface area contributed by atoms with Crippen molar-refractivity contribution in [2.24, 2.45) is 0 Å². The standard InChI is InChI=1S/C8H5IOS2/c9-5-3-7-4(1-6(5)10)2-8(11)12-7/h1-3,10-11H. The van der Waals surface area contributed by atoms with E-state index in [1.807, 2.05) is 12.1 Å². The summed E-state index contributed by atoms with van der Waals surface area (Å²) in [7, 11) is 0. The number of hydrogen-bond donors (Lipinski definition) is 2. The molecule has 0 fully saturated rings. The van der Waals surface area contributed by atoms with Gasteiger partial charge in [0.1, 0.15) is 5.75 Å². The second kappa shape index (κ2) is 3.08. The third kappa shape index (κ3) is 1.43. The summed E-state index contributed by atoms with van der Waals surface area (Å²) in [6.07, 6.45) is 0. The van der Waals surface area contributed by atoms with Crippen molar-refractivity contribution in [3.05, 3.63) is 21.8 Å². The smallest absolute Gasteiger partial charge is 0.129 e. The number of fused-ring (bicyclic) bond motifs is 1. The van der Waals surface area contributed by atoms with Gasteiger partial charge in [0.25, 0.3) is 0 Å². The van der Waals surface area contributed by atoms with Gasteiger partial charge in [0.15, 0.2) is 0 Å². The van der Waals surface area contributed by atoms with Crippen LogP contribution in [0.2, 0.25) is 0 Å². The highest BCUT2D eigenvalue weighted by atomic mass is 127. The molecule has 0 atom stereocenters. The molecule has 62 valence electrons. The molecule has 0 spiro atoms. The third-order valence-electron chi connectivity index (χ3n) is 1.57. The second-order valence-corrected chi connectivity index (χ2v) is 5.46. The van der Waals surface area contributed by atoms with E-state index in [4.69, 9.17) is 0 Å². The van der Waals surface area contributed by atoms with Gasteiger partial charge in [-0.2, -0.15) is 0 Å².